The van der Waals surface area contributed by atoms with Crippen LogP contribution < -0.4 is 5.32 Å². The molecule has 0 aliphatic rings. The van der Waals surface area contributed by atoms with E-state index in [9.17, 15) is 0 Å². The molecule has 0 heterocycles. The Hall–Kier alpha value is -0.160. The highest BCUT2D eigenvalue weighted by Gasteiger charge is 2.26. The van der Waals surface area contributed by atoms with Crippen LogP contribution in [0.3, 0.4) is 0 Å². The summed E-state index contributed by atoms with van der Waals surface area (Å²) in [5.41, 5.74) is -0.909. The topological polar surface area (TPSA) is 72.7 Å². The summed E-state index contributed by atoms with van der Waals surface area (Å²) in [5.74, 6) is 0. The van der Waals surface area contributed by atoms with Gasteiger partial charge < -0.3 is 20.6 Å². The molecule has 0 aromatic rings. The molecule has 0 atom stereocenters. The lowest BCUT2D eigenvalue weighted by atomic mass is 10.0. The van der Waals surface area contributed by atoms with E-state index in [1.165, 1.54) is 0 Å². The summed E-state index contributed by atoms with van der Waals surface area (Å²) in [5, 5.41) is 29.8. The fraction of sp³-hybridized carbons (Fsp3) is 1.00. The van der Waals surface area contributed by atoms with Gasteiger partial charge in [0.15, 0.2) is 0 Å². The molecular weight excluding hydrogens is 170 g/mol. The fourth-order valence-corrected chi connectivity index (χ4v) is 1.05. The number of rotatable bonds is 8. The molecule has 0 amide bonds. The van der Waals surface area contributed by atoms with E-state index in [0.717, 1.165) is 25.8 Å². The number of aliphatic hydroxyl groups is 3. The first-order chi connectivity index (χ1) is 6.24. The first-order valence-corrected chi connectivity index (χ1v) is 4.82. The van der Waals surface area contributed by atoms with Gasteiger partial charge in [-0.25, -0.2) is 0 Å². The second-order valence-corrected chi connectivity index (χ2v) is 3.39. The van der Waals surface area contributed by atoms with Gasteiger partial charge >= 0.3 is 0 Å². The Balaban J connectivity index is 3.68. The summed E-state index contributed by atoms with van der Waals surface area (Å²) in [6.45, 7) is 2.09. The maximum absolute atomic E-state index is 8.95. The van der Waals surface area contributed by atoms with E-state index >= 15 is 0 Å². The van der Waals surface area contributed by atoms with Crippen LogP contribution in [-0.2, 0) is 0 Å². The van der Waals surface area contributed by atoms with Crippen molar-refractivity contribution in [2.45, 2.75) is 31.7 Å². The van der Waals surface area contributed by atoms with E-state index in [2.05, 4.69) is 12.2 Å². The first kappa shape index (κ1) is 12.8. The van der Waals surface area contributed by atoms with Crippen LogP contribution in [-0.4, -0.2) is 47.2 Å². The van der Waals surface area contributed by atoms with Crippen LogP contribution in [0, 0.1) is 0 Å². The molecule has 0 spiro atoms. The van der Waals surface area contributed by atoms with E-state index in [1.54, 1.807) is 0 Å². The molecule has 80 valence electrons. The molecule has 0 fully saturated rings. The van der Waals surface area contributed by atoms with Crippen LogP contribution in [0.25, 0.3) is 0 Å². The van der Waals surface area contributed by atoms with Crippen LogP contribution in [0.15, 0.2) is 0 Å². The van der Waals surface area contributed by atoms with Gasteiger partial charge in [-0.05, 0) is 13.0 Å². The number of nitrogens with one attached hydrogen (secondary N) is 1. The van der Waals surface area contributed by atoms with Gasteiger partial charge in [0.1, 0.15) is 0 Å². The van der Waals surface area contributed by atoms with Gasteiger partial charge in [-0.3, -0.25) is 0 Å². The largest absolute Gasteiger partial charge is 0.394 e. The predicted octanol–water partition coefficient (Wildman–Crippen LogP) is -0.518. The number of unbranched alkanes of at least 4 members (excludes halogenated alkanes) is 2. The van der Waals surface area contributed by atoms with Crippen molar-refractivity contribution in [2.24, 2.45) is 0 Å². The lowest BCUT2D eigenvalue weighted by Crippen LogP contribution is -2.55. The Kier molecular flexibility index (Phi) is 7.17. The summed E-state index contributed by atoms with van der Waals surface area (Å²) in [7, 11) is 0. The minimum Gasteiger partial charge on any atom is -0.394 e. The van der Waals surface area contributed by atoms with Gasteiger partial charge in [0, 0.05) is 0 Å². The molecule has 0 bridgehead atoms. The fourth-order valence-electron chi connectivity index (χ4n) is 1.05. The van der Waals surface area contributed by atoms with E-state index < -0.39 is 5.54 Å². The number of hydrogen-bond acceptors (Lipinski definition) is 4. The minimum atomic E-state index is -0.909. The zero-order valence-electron chi connectivity index (χ0n) is 8.29. The van der Waals surface area contributed by atoms with Gasteiger partial charge in [0.2, 0.25) is 0 Å². The molecule has 0 saturated carbocycles. The lowest BCUT2D eigenvalue weighted by molar-refractivity contribution is 0.0426. The van der Waals surface area contributed by atoms with Crippen molar-refractivity contribution in [3.8, 4) is 0 Å². The van der Waals surface area contributed by atoms with Crippen LogP contribution >= 0.6 is 0 Å². The monoisotopic (exact) mass is 191 g/mol. The average molecular weight is 191 g/mol. The maximum Gasteiger partial charge on any atom is 0.0881 e. The van der Waals surface area contributed by atoms with Crippen molar-refractivity contribution in [2.75, 3.05) is 26.4 Å². The van der Waals surface area contributed by atoms with Crippen LogP contribution in [0.1, 0.15) is 26.2 Å². The summed E-state index contributed by atoms with van der Waals surface area (Å²) in [6.07, 6.45) is 3.25. The zero-order chi connectivity index (χ0) is 10.2. The normalized spacial score (nSPS) is 12.0. The Morgan fingerprint density at radius 2 is 1.54 bits per heavy atom. The highest BCUT2D eigenvalue weighted by atomic mass is 16.3. The maximum atomic E-state index is 8.95. The molecule has 4 N–H and O–H groups in total. The Morgan fingerprint density at radius 1 is 1.00 bits per heavy atom. The van der Waals surface area contributed by atoms with Crippen molar-refractivity contribution >= 4 is 0 Å². The standard InChI is InChI=1S/C9H21NO3/c1-2-3-4-5-10-9(6-11,7-12)8-13/h10-13H,2-8H2,1H3. The molecular formula is C9H21NO3. The molecule has 13 heavy (non-hydrogen) atoms. The third-order valence-corrected chi connectivity index (χ3v) is 2.19. The number of aliphatic hydroxyl groups excluding tert-OH is 3. The molecule has 0 rings (SSSR count). The quantitative estimate of drug-likeness (QED) is 0.390. The molecule has 0 saturated heterocycles. The van der Waals surface area contributed by atoms with Crippen LogP contribution in [0.2, 0.25) is 0 Å². The summed E-state index contributed by atoms with van der Waals surface area (Å²) in [4.78, 5) is 0. The van der Waals surface area contributed by atoms with Gasteiger partial charge in [0.25, 0.3) is 0 Å². The Bertz CT molecular complexity index is 107. The van der Waals surface area contributed by atoms with Crippen LogP contribution in [0.5, 0.6) is 0 Å². The third kappa shape index (κ3) is 4.57. The summed E-state index contributed by atoms with van der Waals surface area (Å²) >= 11 is 0. The lowest BCUT2D eigenvalue weighted by Gasteiger charge is -2.28. The smallest absolute Gasteiger partial charge is 0.0881 e. The van der Waals surface area contributed by atoms with Gasteiger partial charge in [-0.1, -0.05) is 19.8 Å². The molecule has 4 nitrogen and oxygen atoms in total. The molecule has 0 aliphatic heterocycles. The van der Waals surface area contributed by atoms with Gasteiger partial charge in [0.05, 0.1) is 25.4 Å². The second kappa shape index (κ2) is 7.26. The molecule has 0 aromatic heterocycles. The molecule has 0 unspecified atom stereocenters. The van der Waals surface area contributed by atoms with Crippen molar-refractivity contribution in [1.29, 1.82) is 0 Å². The molecule has 0 radical (unpaired) electrons. The number of hydrogen-bond donors (Lipinski definition) is 4. The first-order valence-electron chi connectivity index (χ1n) is 4.82. The van der Waals surface area contributed by atoms with E-state index in [1.807, 2.05) is 0 Å². The van der Waals surface area contributed by atoms with Crippen molar-refractivity contribution in [3.05, 3.63) is 0 Å². The third-order valence-electron chi connectivity index (χ3n) is 2.19. The average Bonchev–Trinajstić information content (AvgIpc) is 2.20. The highest BCUT2D eigenvalue weighted by Crippen LogP contribution is 2.02. The van der Waals surface area contributed by atoms with Gasteiger partial charge in [-0.2, -0.15) is 0 Å². The molecule has 4 heteroatoms. The molecule has 0 aliphatic carbocycles. The van der Waals surface area contributed by atoms with E-state index in [0.29, 0.717) is 0 Å². The molecule has 0 aromatic carbocycles. The SMILES string of the molecule is CCCCCNC(CO)(CO)CO. The minimum absolute atomic E-state index is 0.244. The Labute approximate surface area is 79.6 Å². The summed E-state index contributed by atoms with van der Waals surface area (Å²) < 4.78 is 0. The summed E-state index contributed by atoms with van der Waals surface area (Å²) in [6, 6.07) is 0. The van der Waals surface area contributed by atoms with Crippen LogP contribution in [0.4, 0.5) is 0 Å². The second-order valence-electron chi connectivity index (χ2n) is 3.39. The van der Waals surface area contributed by atoms with Crippen molar-refractivity contribution in [3.63, 3.8) is 0 Å². The Morgan fingerprint density at radius 3 is 1.92 bits per heavy atom. The highest BCUT2D eigenvalue weighted by molar-refractivity contribution is 4.85. The van der Waals surface area contributed by atoms with Crippen molar-refractivity contribution in [1.82, 2.24) is 5.32 Å². The van der Waals surface area contributed by atoms with E-state index in [-0.39, 0.29) is 19.8 Å². The van der Waals surface area contributed by atoms with E-state index in [4.69, 9.17) is 15.3 Å². The predicted molar refractivity (Wildman–Crippen MR) is 51.5 cm³/mol. The van der Waals surface area contributed by atoms with Gasteiger partial charge in [-0.15, -0.1) is 0 Å². The zero-order valence-corrected chi connectivity index (χ0v) is 8.29. The van der Waals surface area contributed by atoms with Crippen molar-refractivity contribution < 1.29 is 15.3 Å².